The number of carbonyl (C=O) groups excluding carboxylic acids is 1. The maximum absolute atomic E-state index is 14.1. The first kappa shape index (κ1) is 17.6. The molecule has 3 rings (SSSR count). The number of rotatable bonds is 3. The Kier molecular flexibility index (Phi) is 4.64. The summed E-state index contributed by atoms with van der Waals surface area (Å²) in [5, 5.41) is 0. The van der Waals surface area contributed by atoms with E-state index in [1.165, 1.54) is 12.1 Å². The van der Waals surface area contributed by atoms with Gasteiger partial charge in [-0.2, -0.15) is 0 Å². The topological polar surface area (TPSA) is 54.5 Å². The van der Waals surface area contributed by atoms with Crippen molar-refractivity contribution in [2.45, 2.75) is 31.1 Å². The summed E-state index contributed by atoms with van der Waals surface area (Å²) in [6.45, 7) is 2.37. The number of carbonyl (C=O) groups is 1. The molecule has 4 nitrogen and oxygen atoms in total. The Morgan fingerprint density at radius 2 is 1.92 bits per heavy atom. The number of anilines is 1. The molecule has 0 fully saturated rings. The molecule has 0 saturated heterocycles. The number of aryl methyl sites for hydroxylation is 1. The van der Waals surface area contributed by atoms with Gasteiger partial charge in [0.25, 0.3) is 0 Å². The number of hydrogen-bond acceptors (Lipinski definition) is 3. The average molecular weight is 361 g/mol. The van der Waals surface area contributed by atoms with Crippen molar-refractivity contribution in [3.8, 4) is 0 Å². The third-order valence-corrected chi connectivity index (χ3v) is 5.72. The molecule has 2 aromatic carbocycles. The summed E-state index contributed by atoms with van der Waals surface area (Å²) < 4.78 is 38.0. The largest absolute Gasteiger partial charge is 0.311 e. The van der Waals surface area contributed by atoms with E-state index in [0.717, 1.165) is 11.8 Å². The SMILES string of the molecule is Cc1ccc(F)c2c1N(C(=O)Cc1ccccc1S(C)(=O)=O)CCC2. The maximum Gasteiger partial charge on any atom is 0.231 e. The lowest BCUT2D eigenvalue weighted by molar-refractivity contribution is -0.118. The highest BCUT2D eigenvalue weighted by molar-refractivity contribution is 7.90. The number of sulfone groups is 1. The average Bonchev–Trinajstić information content (AvgIpc) is 2.57. The summed E-state index contributed by atoms with van der Waals surface area (Å²) in [4.78, 5) is 14.6. The summed E-state index contributed by atoms with van der Waals surface area (Å²) in [7, 11) is -3.42. The van der Waals surface area contributed by atoms with E-state index >= 15 is 0 Å². The van der Waals surface area contributed by atoms with Gasteiger partial charge in [-0.15, -0.1) is 0 Å². The second-order valence-electron chi connectivity index (χ2n) is 6.40. The Morgan fingerprint density at radius 3 is 2.64 bits per heavy atom. The minimum atomic E-state index is -3.42. The second kappa shape index (κ2) is 6.59. The highest BCUT2D eigenvalue weighted by Gasteiger charge is 2.27. The van der Waals surface area contributed by atoms with Crippen molar-refractivity contribution in [3.63, 3.8) is 0 Å². The molecule has 0 radical (unpaired) electrons. The Morgan fingerprint density at radius 1 is 1.20 bits per heavy atom. The molecule has 6 heteroatoms. The van der Waals surface area contributed by atoms with E-state index in [9.17, 15) is 17.6 Å². The van der Waals surface area contributed by atoms with E-state index in [1.807, 2.05) is 6.92 Å². The van der Waals surface area contributed by atoms with E-state index in [2.05, 4.69) is 0 Å². The molecule has 0 aliphatic carbocycles. The molecule has 0 N–H and O–H groups in total. The van der Waals surface area contributed by atoms with Gasteiger partial charge in [-0.25, -0.2) is 12.8 Å². The van der Waals surface area contributed by atoms with Gasteiger partial charge in [0, 0.05) is 18.4 Å². The van der Waals surface area contributed by atoms with Crippen LogP contribution < -0.4 is 4.90 Å². The number of halogens is 1. The number of benzene rings is 2. The molecule has 132 valence electrons. The fraction of sp³-hybridized carbons (Fsp3) is 0.316. The van der Waals surface area contributed by atoms with Crippen LogP contribution in [0.25, 0.3) is 0 Å². The van der Waals surface area contributed by atoms with Crippen molar-refractivity contribution in [2.75, 3.05) is 17.7 Å². The molecular formula is C19H20FNO3S. The maximum atomic E-state index is 14.1. The minimum absolute atomic E-state index is 0.0291. The number of hydrogen-bond donors (Lipinski definition) is 0. The van der Waals surface area contributed by atoms with Gasteiger partial charge < -0.3 is 4.90 Å². The van der Waals surface area contributed by atoms with Crippen LogP contribution in [0.1, 0.15) is 23.1 Å². The summed E-state index contributed by atoms with van der Waals surface area (Å²) in [5.74, 6) is -0.514. The quantitative estimate of drug-likeness (QED) is 0.844. The molecular weight excluding hydrogens is 341 g/mol. The molecule has 2 aromatic rings. The van der Waals surface area contributed by atoms with Gasteiger partial charge in [-0.1, -0.05) is 24.3 Å². The van der Waals surface area contributed by atoms with Gasteiger partial charge in [0.15, 0.2) is 9.84 Å². The van der Waals surface area contributed by atoms with Crippen molar-refractivity contribution < 1.29 is 17.6 Å². The minimum Gasteiger partial charge on any atom is -0.311 e. The first-order valence-corrected chi connectivity index (χ1v) is 10.0. The van der Waals surface area contributed by atoms with Crippen molar-refractivity contribution in [1.82, 2.24) is 0 Å². The van der Waals surface area contributed by atoms with Crippen LogP contribution in [-0.2, 0) is 27.5 Å². The molecule has 0 aromatic heterocycles. The highest BCUT2D eigenvalue weighted by atomic mass is 32.2. The zero-order chi connectivity index (χ0) is 18.2. The highest BCUT2D eigenvalue weighted by Crippen LogP contribution is 2.33. The van der Waals surface area contributed by atoms with Crippen molar-refractivity contribution in [1.29, 1.82) is 0 Å². The van der Waals surface area contributed by atoms with Crippen molar-refractivity contribution in [3.05, 3.63) is 58.9 Å². The van der Waals surface area contributed by atoms with Gasteiger partial charge in [-0.3, -0.25) is 4.79 Å². The van der Waals surface area contributed by atoms with Crippen LogP contribution in [0, 0.1) is 12.7 Å². The first-order chi connectivity index (χ1) is 11.8. The van der Waals surface area contributed by atoms with Crippen molar-refractivity contribution >= 4 is 21.4 Å². The predicted octanol–water partition coefficient (Wildman–Crippen LogP) is 3.06. The van der Waals surface area contributed by atoms with Crippen molar-refractivity contribution in [2.24, 2.45) is 0 Å². The van der Waals surface area contributed by atoms with Crippen LogP contribution in [0.4, 0.5) is 10.1 Å². The van der Waals surface area contributed by atoms with Gasteiger partial charge >= 0.3 is 0 Å². The lowest BCUT2D eigenvalue weighted by Crippen LogP contribution is -2.37. The zero-order valence-electron chi connectivity index (χ0n) is 14.3. The zero-order valence-corrected chi connectivity index (χ0v) is 15.1. The van der Waals surface area contributed by atoms with E-state index in [0.29, 0.717) is 36.2 Å². The van der Waals surface area contributed by atoms with Gasteiger partial charge in [0.2, 0.25) is 5.91 Å². The molecule has 1 aliphatic heterocycles. The van der Waals surface area contributed by atoms with Crippen LogP contribution in [-0.4, -0.2) is 27.1 Å². The molecule has 0 unspecified atom stereocenters. The van der Waals surface area contributed by atoms with E-state index in [1.54, 1.807) is 29.2 Å². The fourth-order valence-electron chi connectivity index (χ4n) is 3.39. The molecule has 0 atom stereocenters. The van der Waals surface area contributed by atoms with Gasteiger partial charge in [-0.05, 0) is 43.0 Å². The smallest absolute Gasteiger partial charge is 0.231 e. The lowest BCUT2D eigenvalue weighted by Gasteiger charge is -2.31. The van der Waals surface area contributed by atoms with Crippen LogP contribution in [0.5, 0.6) is 0 Å². The van der Waals surface area contributed by atoms with Gasteiger partial charge in [0.1, 0.15) is 5.82 Å². The standard InChI is InChI=1S/C19H20FNO3S/c1-13-9-10-16(20)15-7-5-11-21(19(13)15)18(22)12-14-6-3-4-8-17(14)25(2,23)24/h3-4,6,8-10H,5,7,11-12H2,1-2H3. The first-order valence-electron chi connectivity index (χ1n) is 8.15. The van der Waals surface area contributed by atoms with Crippen LogP contribution in [0.2, 0.25) is 0 Å². The molecule has 1 amide bonds. The van der Waals surface area contributed by atoms with E-state index in [-0.39, 0.29) is 23.0 Å². The van der Waals surface area contributed by atoms with E-state index < -0.39 is 9.84 Å². The molecule has 0 bridgehead atoms. The predicted molar refractivity (Wildman–Crippen MR) is 95.1 cm³/mol. The third kappa shape index (κ3) is 3.44. The number of amides is 1. The number of fused-ring (bicyclic) bond motifs is 1. The monoisotopic (exact) mass is 361 g/mol. The number of nitrogens with zero attached hydrogens (tertiary/aromatic N) is 1. The molecule has 0 saturated carbocycles. The van der Waals surface area contributed by atoms with Crippen LogP contribution in [0.3, 0.4) is 0 Å². The van der Waals surface area contributed by atoms with Crippen LogP contribution >= 0.6 is 0 Å². The fourth-order valence-corrected chi connectivity index (χ4v) is 4.33. The van der Waals surface area contributed by atoms with Crippen LogP contribution in [0.15, 0.2) is 41.3 Å². The van der Waals surface area contributed by atoms with E-state index in [4.69, 9.17) is 0 Å². The summed E-state index contributed by atoms with van der Waals surface area (Å²) in [6, 6.07) is 9.61. The molecule has 1 heterocycles. The Hall–Kier alpha value is -2.21. The Bertz CT molecular complexity index is 938. The normalized spacial score (nSPS) is 14.3. The summed E-state index contributed by atoms with van der Waals surface area (Å²) in [6.07, 6.45) is 2.39. The molecule has 1 aliphatic rings. The summed E-state index contributed by atoms with van der Waals surface area (Å²) >= 11 is 0. The Balaban J connectivity index is 1.97. The molecule has 0 spiro atoms. The lowest BCUT2D eigenvalue weighted by atomic mass is 9.97. The molecule has 25 heavy (non-hydrogen) atoms. The second-order valence-corrected chi connectivity index (χ2v) is 8.38. The van der Waals surface area contributed by atoms with Gasteiger partial charge in [0.05, 0.1) is 17.0 Å². The third-order valence-electron chi connectivity index (χ3n) is 4.52. The Labute approximate surface area is 147 Å². The summed E-state index contributed by atoms with van der Waals surface area (Å²) in [5.41, 5.74) is 2.51.